The molecular formula is C12H23NO6S. The number of carbonyl (C=O) groups is 1. The first-order valence-electron chi connectivity index (χ1n) is 6.74. The molecule has 0 saturated carbocycles. The van der Waals surface area contributed by atoms with E-state index in [2.05, 4.69) is 0 Å². The van der Waals surface area contributed by atoms with Crippen molar-refractivity contribution >= 4 is 16.0 Å². The molecule has 0 radical (unpaired) electrons. The molecule has 8 heteroatoms. The van der Waals surface area contributed by atoms with E-state index in [1.54, 1.807) is 6.92 Å². The minimum atomic E-state index is -3.64. The van der Waals surface area contributed by atoms with Crippen molar-refractivity contribution in [1.29, 1.82) is 0 Å². The fourth-order valence-corrected chi connectivity index (χ4v) is 3.54. The third-order valence-corrected chi connectivity index (χ3v) is 5.27. The van der Waals surface area contributed by atoms with E-state index in [0.717, 1.165) is 4.31 Å². The molecule has 0 aromatic rings. The lowest BCUT2D eigenvalue weighted by molar-refractivity contribution is -0.144. The molecule has 0 aromatic heterocycles. The SMILES string of the molecule is CCOCCS(=O)(=O)N(C)C(C(=O)O)C1CCOCC1. The molecule has 0 bridgehead atoms. The van der Waals surface area contributed by atoms with Crippen molar-refractivity contribution in [2.24, 2.45) is 5.92 Å². The number of aliphatic carboxylic acids is 1. The van der Waals surface area contributed by atoms with E-state index < -0.39 is 22.0 Å². The second kappa shape index (κ2) is 7.92. The van der Waals surface area contributed by atoms with Gasteiger partial charge in [-0.25, -0.2) is 8.42 Å². The number of nitrogens with zero attached hydrogens (tertiary/aromatic N) is 1. The zero-order valence-electron chi connectivity index (χ0n) is 11.9. The van der Waals surface area contributed by atoms with Gasteiger partial charge in [-0.1, -0.05) is 0 Å². The maximum Gasteiger partial charge on any atom is 0.322 e. The van der Waals surface area contributed by atoms with Gasteiger partial charge in [0.15, 0.2) is 0 Å². The number of hydrogen-bond donors (Lipinski definition) is 1. The van der Waals surface area contributed by atoms with Crippen molar-refractivity contribution in [2.45, 2.75) is 25.8 Å². The van der Waals surface area contributed by atoms with Gasteiger partial charge in [0.1, 0.15) is 6.04 Å². The van der Waals surface area contributed by atoms with Crippen molar-refractivity contribution in [2.75, 3.05) is 39.2 Å². The fraction of sp³-hybridized carbons (Fsp3) is 0.917. The van der Waals surface area contributed by atoms with Crippen LogP contribution in [-0.4, -0.2) is 69.1 Å². The van der Waals surface area contributed by atoms with E-state index in [4.69, 9.17) is 9.47 Å². The Morgan fingerprint density at radius 1 is 1.45 bits per heavy atom. The van der Waals surface area contributed by atoms with Crippen LogP contribution in [0.25, 0.3) is 0 Å². The van der Waals surface area contributed by atoms with Crippen LogP contribution in [0, 0.1) is 5.92 Å². The monoisotopic (exact) mass is 309 g/mol. The number of ether oxygens (including phenoxy) is 2. The summed E-state index contributed by atoms with van der Waals surface area (Å²) in [6.45, 7) is 3.23. The molecule has 20 heavy (non-hydrogen) atoms. The number of sulfonamides is 1. The van der Waals surface area contributed by atoms with Gasteiger partial charge < -0.3 is 14.6 Å². The summed E-state index contributed by atoms with van der Waals surface area (Å²) in [5.41, 5.74) is 0. The number of hydrogen-bond acceptors (Lipinski definition) is 5. The lowest BCUT2D eigenvalue weighted by Crippen LogP contribution is -2.49. The van der Waals surface area contributed by atoms with Crippen molar-refractivity contribution in [1.82, 2.24) is 4.31 Å². The van der Waals surface area contributed by atoms with Gasteiger partial charge in [-0.2, -0.15) is 4.31 Å². The first-order chi connectivity index (χ1) is 9.40. The van der Waals surface area contributed by atoms with Crippen molar-refractivity contribution < 1.29 is 27.8 Å². The first-order valence-corrected chi connectivity index (χ1v) is 8.35. The number of likely N-dealkylation sites (N-methyl/N-ethyl adjacent to an activating group) is 1. The molecular weight excluding hydrogens is 286 g/mol. The number of rotatable bonds is 8. The van der Waals surface area contributed by atoms with Crippen LogP contribution in [0.1, 0.15) is 19.8 Å². The van der Waals surface area contributed by atoms with E-state index in [1.165, 1.54) is 7.05 Å². The lowest BCUT2D eigenvalue weighted by Gasteiger charge is -2.33. The lowest BCUT2D eigenvalue weighted by atomic mass is 9.92. The molecule has 7 nitrogen and oxygen atoms in total. The van der Waals surface area contributed by atoms with Gasteiger partial charge in [-0.15, -0.1) is 0 Å². The molecule has 1 saturated heterocycles. The number of carboxylic acid groups (broad SMARTS) is 1. The molecule has 0 amide bonds. The van der Waals surface area contributed by atoms with Crippen molar-refractivity contribution in [3.63, 3.8) is 0 Å². The molecule has 1 aliphatic heterocycles. The second-order valence-corrected chi connectivity index (χ2v) is 6.91. The van der Waals surface area contributed by atoms with Gasteiger partial charge in [0.25, 0.3) is 0 Å². The maximum absolute atomic E-state index is 12.1. The molecule has 1 aliphatic rings. The highest BCUT2D eigenvalue weighted by Crippen LogP contribution is 2.24. The summed E-state index contributed by atoms with van der Waals surface area (Å²) in [5, 5.41) is 9.35. The highest BCUT2D eigenvalue weighted by atomic mass is 32.2. The van der Waals surface area contributed by atoms with Gasteiger partial charge in [-0.05, 0) is 25.7 Å². The van der Waals surface area contributed by atoms with Crippen LogP contribution in [0.3, 0.4) is 0 Å². The summed E-state index contributed by atoms with van der Waals surface area (Å²) in [6.07, 6.45) is 1.12. The van der Waals surface area contributed by atoms with Crippen LogP contribution in [-0.2, 0) is 24.3 Å². The summed E-state index contributed by atoms with van der Waals surface area (Å²) in [7, 11) is -2.31. The van der Waals surface area contributed by atoms with Gasteiger partial charge in [0.2, 0.25) is 10.0 Å². The summed E-state index contributed by atoms with van der Waals surface area (Å²) in [5.74, 6) is -1.53. The Morgan fingerprint density at radius 2 is 2.05 bits per heavy atom. The first kappa shape index (κ1) is 17.4. The topological polar surface area (TPSA) is 93.1 Å². The van der Waals surface area contributed by atoms with Crippen molar-refractivity contribution in [3.8, 4) is 0 Å². The zero-order valence-corrected chi connectivity index (χ0v) is 12.8. The summed E-state index contributed by atoms with van der Waals surface area (Å²) in [4.78, 5) is 11.4. The molecule has 1 atom stereocenters. The Hall–Kier alpha value is -0.700. The Morgan fingerprint density at radius 3 is 2.55 bits per heavy atom. The molecule has 1 rings (SSSR count). The summed E-state index contributed by atoms with van der Waals surface area (Å²) < 4.78 is 35.5. The van der Waals surface area contributed by atoms with Crippen LogP contribution in [0.2, 0.25) is 0 Å². The minimum Gasteiger partial charge on any atom is -0.480 e. The highest BCUT2D eigenvalue weighted by Gasteiger charge is 2.38. The Bertz CT molecular complexity index is 404. The minimum absolute atomic E-state index is 0.0727. The van der Waals surface area contributed by atoms with Gasteiger partial charge in [0, 0.05) is 26.9 Å². The highest BCUT2D eigenvalue weighted by molar-refractivity contribution is 7.89. The largest absolute Gasteiger partial charge is 0.480 e. The Kier molecular flexibility index (Phi) is 6.87. The van der Waals surface area contributed by atoms with Crippen LogP contribution in [0.4, 0.5) is 0 Å². The molecule has 0 aromatic carbocycles. The smallest absolute Gasteiger partial charge is 0.322 e. The molecule has 1 heterocycles. The summed E-state index contributed by atoms with van der Waals surface area (Å²) >= 11 is 0. The Balaban J connectivity index is 2.76. The molecule has 1 N–H and O–H groups in total. The quantitative estimate of drug-likeness (QED) is 0.642. The third kappa shape index (κ3) is 4.69. The van der Waals surface area contributed by atoms with Crippen LogP contribution in [0.5, 0.6) is 0 Å². The molecule has 0 spiro atoms. The van der Waals surface area contributed by atoms with E-state index in [1.807, 2.05) is 0 Å². The van der Waals surface area contributed by atoms with E-state index in [0.29, 0.717) is 32.7 Å². The van der Waals surface area contributed by atoms with Gasteiger partial charge in [-0.3, -0.25) is 4.79 Å². The van der Waals surface area contributed by atoms with E-state index in [9.17, 15) is 18.3 Å². The van der Waals surface area contributed by atoms with Crippen LogP contribution in [0.15, 0.2) is 0 Å². The predicted molar refractivity (Wildman–Crippen MR) is 73.0 cm³/mol. The average Bonchev–Trinajstić information content (AvgIpc) is 2.40. The predicted octanol–water partition coefficient (Wildman–Crippen LogP) is 0.164. The zero-order chi connectivity index (χ0) is 15.2. The normalized spacial score (nSPS) is 19.1. The van der Waals surface area contributed by atoms with Gasteiger partial charge >= 0.3 is 5.97 Å². The average molecular weight is 309 g/mol. The van der Waals surface area contributed by atoms with Crippen LogP contribution < -0.4 is 0 Å². The van der Waals surface area contributed by atoms with Crippen LogP contribution >= 0.6 is 0 Å². The molecule has 0 aliphatic carbocycles. The fourth-order valence-electron chi connectivity index (χ4n) is 2.31. The maximum atomic E-state index is 12.1. The summed E-state index contributed by atoms with van der Waals surface area (Å²) in [6, 6.07) is -1.04. The third-order valence-electron chi connectivity index (χ3n) is 3.49. The second-order valence-electron chi connectivity index (χ2n) is 4.76. The Labute approximate surface area is 119 Å². The molecule has 1 unspecified atom stereocenters. The van der Waals surface area contributed by atoms with E-state index >= 15 is 0 Å². The number of carboxylic acids is 1. The molecule has 1 fully saturated rings. The van der Waals surface area contributed by atoms with E-state index in [-0.39, 0.29) is 18.3 Å². The van der Waals surface area contributed by atoms with Crippen molar-refractivity contribution in [3.05, 3.63) is 0 Å². The standard InChI is InChI=1S/C12H23NO6S/c1-3-18-8-9-20(16,17)13(2)11(12(14)15)10-4-6-19-7-5-10/h10-11H,3-9H2,1-2H3,(H,14,15). The van der Waals surface area contributed by atoms with Gasteiger partial charge in [0.05, 0.1) is 12.4 Å². The molecule has 118 valence electrons.